The molecule has 0 aliphatic rings. The van der Waals surface area contributed by atoms with Gasteiger partial charge in [-0.3, -0.25) is 4.72 Å². The van der Waals surface area contributed by atoms with Crippen LogP contribution in [0.1, 0.15) is 10.4 Å². The zero-order valence-electron chi connectivity index (χ0n) is 8.52. The number of carboxylic acids is 1. The molecule has 0 spiro atoms. The number of aromatic carboxylic acids is 1. The normalized spacial score (nSPS) is 12.2. The molecule has 0 radical (unpaired) electrons. The molecular formula is C8H7F3N2O4S. The molecule has 0 saturated carbocycles. The van der Waals surface area contributed by atoms with Crippen molar-refractivity contribution < 1.29 is 31.5 Å². The van der Waals surface area contributed by atoms with Crippen LogP contribution in [-0.2, 0) is 10.0 Å². The first-order valence-electron chi connectivity index (χ1n) is 4.26. The first kappa shape index (κ1) is 14.1. The van der Waals surface area contributed by atoms with Gasteiger partial charge in [0.2, 0.25) is 0 Å². The number of rotatable bonds is 3. The summed E-state index contributed by atoms with van der Waals surface area (Å²) in [5.41, 5.74) is -1.70. The van der Waals surface area contributed by atoms with Crippen molar-refractivity contribution >= 4 is 27.4 Å². The fourth-order valence-corrected chi connectivity index (χ4v) is 1.61. The van der Waals surface area contributed by atoms with E-state index in [1.165, 1.54) is 0 Å². The first-order valence-corrected chi connectivity index (χ1v) is 5.75. The average Bonchev–Trinajstić information content (AvgIpc) is 2.18. The van der Waals surface area contributed by atoms with Crippen molar-refractivity contribution in [3.05, 3.63) is 23.8 Å². The van der Waals surface area contributed by atoms with Crippen LogP contribution in [0.5, 0.6) is 0 Å². The summed E-state index contributed by atoms with van der Waals surface area (Å²) in [6.45, 7) is 0. The molecule has 6 nitrogen and oxygen atoms in total. The Bertz CT molecular complexity index is 582. The van der Waals surface area contributed by atoms with Gasteiger partial charge in [-0.15, -0.1) is 0 Å². The minimum absolute atomic E-state index is 0.0256. The number of nitrogen functional groups attached to an aromatic ring is 1. The molecule has 4 N–H and O–H groups in total. The van der Waals surface area contributed by atoms with E-state index in [9.17, 15) is 26.4 Å². The maximum absolute atomic E-state index is 12.1. The summed E-state index contributed by atoms with van der Waals surface area (Å²) in [5.74, 6) is -1.61. The van der Waals surface area contributed by atoms with E-state index in [0.717, 1.165) is 22.9 Å². The molecule has 1 aromatic carbocycles. The zero-order chi connectivity index (χ0) is 14.1. The number of nitrogens with two attached hydrogens (primary N) is 1. The third-order valence-electron chi connectivity index (χ3n) is 1.82. The van der Waals surface area contributed by atoms with Gasteiger partial charge >= 0.3 is 21.5 Å². The van der Waals surface area contributed by atoms with Crippen LogP contribution in [0.3, 0.4) is 0 Å². The molecule has 0 saturated heterocycles. The molecular weight excluding hydrogens is 277 g/mol. The molecule has 18 heavy (non-hydrogen) atoms. The van der Waals surface area contributed by atoms with Crippen LogP contribution in [-0.4, -0.2) is 25.0 Å². The van der Waals surface area contributed by atoms with Crippen molar-refractivity contribution in [2.75, 3.05) is 10.5 Å². The second-order valence-electron chi connectivity index (χ2n) is 3.16. The van der Waals surface area contributed by atoms with Gasteiger partial charge in [-0.25, -0.2) is 4.79 Å². The number of carboxylic acid groups (broad SMARTS) is 1. The predicted octanol–water partition coefficient (Wildman–Crippen LogP) is 1.23. The van der Waals surface area contributed by atoms with E-state index in [1.54, 1.807) is 0 Å². The Kier molecular flexibility index (Phi) is 3.42. The highest BCUT2D eigenvalue weighted by molar-refractivity contribution is 7.93. The molecule has 0 bridgehead atoms. The van der Waals surface area contributed by atoms with Gasteiger partial charge in [0, 0.05) is 5.69 Å². The molecule has 0 aromatic heterocycles. The second kappa shape index (κ2) is 4.37. The van der Waals surface area contributed by atoms with E-state index < -0.39 is 32.8 Å². The third kappa shape index (κ3) is 2.83. The number of hydrogen-bond acceptors (Lipinski definition) is 4. The van der Waals surface area contributed by atoms with Crippen LogP contribution in [0.4, 0.5) is 24.5 Å². The molecule has 1 rings (SSSR count). The standard InChI is InChI=1S/C8H7F3N2O4S/c9-8(10,11)18(16,17)13-6-2-1-4(12)3-5(6)7(14)15/h1-3,13H,12H2,(H,14,15). The van der Waals surface area contributed by atoms with Crippen molar-refractivity contribution in [1.29, 1.82) is 0 Å². The maximum atomic E-state index is 12.1. The molecule has 100 valence electrons. The van der Waals surface area contributed by atoms with Gasteiger partial charge in [-0.05, 0) is 18.2 Å². The van der Waals surface area contributed by atoms with Gasteiger partial charge in [0.05, 0.1) is 11.3 Å². The second-order valence-corrected chi connectivity index (χ2v) is 4.84. The Morgan fingerprint density at radius 3 is 2.33 bits per heavy atom. The molecule has 10 heteroatoms. The Hall–Kier alpha value is -1.97. The van der Waals surface area contributed by atoms with Gasteiger partial charge in [-0.2, -0.15) is 21.6 Å². The lowest BCUT2D eigenvalue weighted by Crippen LogP contribution is -2.30. The lowest BCUT2D eigenvalue weighted by atomic mass is 10.1. The summed E-state index contributed by atoms with van der Waals surface area (Å²) in [4.78, 5) is 10.7. The molecule has 0 fully saturated rings. The van der Waals surface area contributed by atoms with Gasteiger partial charge in [0.15, 0.2) is 0 Å². The third-order valence-corrected chi connectivity index (χ3v) is 2.92. The number of carbonyl (C=O) groups is 1. The first-order chi connectivity index (χ1) is 8.04. The van der Waals surface area contributed by atoms with Gasteiger partial charge in [-0.1, -0.05) is 0 Å². The topological polar surface area (TPSA) is 109 Å². The van der Waals surface area contributed by atoms with Gasteiger partial charge in [0.1, 0.15) is 0 Å². The molecule has 0 aliphatic carbocycles. The molecule has 0 aliphatic heterocycles. The molecule has 0 amide bonds. The van der Waals surface area contributed by atoms with Gasteiger partial charge < -0.3 is 10.8 Å². The number of anilines is 2. The summed E-state index contributed by atoms with van der Waals surface area (Å²) in [7, 11) is -5.67. The molecule has 0 atom stereocenters. The number of nitrogens with one attached hydrogen (secondary N) is 1. The van der Waals surface area contributed by atoms with Crippen molar-refractivity contribution in [2.45, 2.75) is 5.51 Å². The SMILES string of the molecule is Nc1ccc(NS(=O)(=O)C(F)(F)F)c(C(=O)O)c1. The maximum Gasteiger partial charge on any atom is 0.516 e. The van der Waals surface area contributed by atoms with Crippen LogP contribution in [0.25, 0.3) is 0 Å². The van der Waals surface area contributed by atoms with Crippen molar-refractivity contribution in [1.82, 2.24) is 0 Å². The molecule has 1 aromatic rings. The highest BCUT2D eigenvalue weighted by Crippen LogP contribution is 2.27. The van der Waals surface area contributed by atoms with E-state index in [1.807, 2.05) is 0 Å². The number of halogens is 3. The van der Waals surface area contributed by atoms with Crippen LogP contribution in [0.2, 0.25) is 0 Å². The monoisotopic (exact) mass is 284 g/mol. The van der Waals surface area contributed by atoms with Crippen molar-refractivity contribution in [3.63, 3.8) is 0 Å². The Morgan fingerprint density at radius 1 is 1.33 bits per heavy atom. The van der Waals surface area contributed by atoms with Crippen LogP contribution in [0.15, 0.2) is 18.2 Å². The van der Waals surface area contributed by atoms with E-state index in [4.69, 9.17) is 10.8 Å². The fraction of sp³-hybridized carbons (Fsp3) is 0.125. The molecule has 0 heterocycles. The summed E-state index contributed by atoms with van der Waals surface area (Å²) in [5, 5.41) is 8.72. The lowest BCUT2D eigenvalue weighted by molar-refractivity contribution is -0.0429. The van der Waals surface area contributed by atoms with Crippen LogP contribution < -0.4 is 10.5 Å². The number of benzene rings is 1. The van der Waals surface area contributed by atoms with Gasteiger partial charge in [0.25, 0.3) is 0 Å². The Labute approximate surface area is 99.3 Å². The van der Waals surface area contributed by atoms with E-state index in [0.29, 0.717) is 0 Å². The Morgan fingerprint density at radius 2 is 1.89 bits per heavy atom. The average molecular weight is 284 g/mol. The van der Waals surface area contributed by atoms with Crippen molar-refractivity contribution in [3.8, 4) is 0 Å². The number of hydrogen-bond donors (Lipinski definition) is 3. The van der Waals surface area contributed by atoms with E-state index in [2.05, 4.69) is 0 Å². The number of alkyl halides is 3. The van der Waals surface area contributed by atoms with Crippen molar-refractivity contribution in [2.24, 2.45) is 0 Å². The smallest absolute Gasteiger partial charge is 0.478 e. The summed E-state index contributed by atoms with van der Waals surface area (Å²) >= 11 is 0. The minimum Gasteiger partial charge on any atom is -0.478 e. The highest BCUT2D eigenvalue weighted by Gasteiger charge is 2.46. The zero-order valence-corrected chi connectivity index (χ0v) is 9.34. The largest absolute Gasteiger partial charge is 0.516 e. The predicted molar refractivity (Wildman–Crippen MR) is 56.4 cm³/mol. The van der Waals surface area contributed by atoms with Crippen LogP contribution in [0, 0.1) is 0 Å². The minimum atomic E-state index is -5.67. The quantitative estimate of drug-likeness (QED) is 0.723. The Balaban J connectivity index is 3.25. The highest BCUT2D eigenvalue weighted by atomic mass is 32.2. The summed E-state index contributed by atoms with van der Waals surface area (Å²) in [6.07, 6.45) is 0. The summed E-state index contributed by atoms with van der Waals surface area (Å²) in [6, 6.07) is 2.75. The fourth-order valence-electron chi connectivity index (χ4n) is 1.03. The van der Waals surface area contributed by atoms with Crippen LogP contribution >= 0.6 is 0 Å². The summed E-state index contributed by atoms with van der Waals surface area (Å²) < 4.78 is 59.1. The van der Waals surface area contributed by atoms with E-state index >= 15 is 0 Å². The molecule has 0 unspecified atom stereocenters. The van der Waals surface area contributed by atoms with E-state index in [-0.39, 0.29) is 5.69 Å². The number of sulfonamides is 1. The lowest BCUT2D eigenvalue weighted by Gasteiger charge is -2.12.